The summed E-state index contributed by atoms with van der Waals surface area (Å²) < 4.78 is 0.670. The van der Waals surface area contributed by atoms with Crippen LogP contribution in [0.1, 0.15) is 62.2 Å². The average Bonchev–Trinajstić information content (AvgIpc) is 3.41. The molecule has 3 aliphatic rings. The Kier molecular flexibility index (Phi) is 4.24. The number of anilines is 1. The summed E-state index contributed by atoms with van der Waals surface area (Å²) in [6, 6.07) is 8.36. The Morgan fingerprint density at radius 3 is 2.52 bits per heavy atom. The molecule has 0 spiro atoms. The topological polar surface area (TPSA) is 46.2 Å². The molecular weight excluding hydrogens is 312 g/mol. The molecular formula is C21H27N2O2+. The van der Waals surface area contributed by atoms with E-state index in [1.807, 2.05) is 31.2 Å². The van der Waals surface area contributed by atoms with Crippen LogP contribution >= 0.6 is 0 Å². The molecule has 1 aliphatic heterocycles. The third-order valence-electron chi connectivity index (χ3n) is 6.26. The number of hydrogen-bond acceptors (Lipinski definition) is 3. The molecule has 4 heteroatoms. The SMILES string of the molecule is CC1=C(Nc2cccc(C(=O)[N+]3(C4CCCCC4)CC3)c2)CCC1=O. The first kappa shape index (κ1) is 16.5. The first-order valence-corrected chi connectivity index (χ1v) is 9.62. The van der Waals surface area contributed by atoms with Crippen LogP contribution in [0.4, 0.5) is 5.69 Å². The Balaban J connectivity index is 1.53. The molecule has 4 nitrogen and oxygen atoms in total. The first-order valence-electron chi connectivity index (χ1n) is 9.62. The molecule has 1 saturated heterocycles. The van der Waals surface area contributed by atoms with Gasteiger partial charge in [0.25, 0.3) is 0 Å². The lowest BCUT2D eigenvalue weighted by atomic mass is 9.93. The summed E-state index contributed by atoms with van der Waals surface area (Å²) in [5.41, 5.74) is 3.54. The maximum atomic E-state index is 13.2. The van der Waals surface area contributed by atoms with Gasteiger partial charge in [-0.1, -0.05) is 12.5 Å². The van der Waals surface area contributed by atoms with Crippen molar-refractivity contribution in [3.63, 3.8) is 0 Å². The van der Waals surface area contributed by atoms with Gasteiger partial charge in [0.1, 0.15) is 13.1 Å². The Morgan fingerprint density at radius 2 is 1.88 bits per heavy atom. The minimum Gasteiger partial charge on any atom is -0.359 e. The van der Waals surface area contributed by atoms with Crippen LogP contribution < -0.4 is 5.32 Å². The summed E-state index contributed by atoms with van der Waals surface area (Å²) in [6.07, 6.45) is 7.59. The van der Waals surface area contributed by atoms with Crippen LogP contribution in [0.5, 0.6) is 0 Å². The van der Waals surface area contributed by atoms with Gasteiger partial charge in [-0.15, -0.1) is 0 Å². The summed E-state index contributed by atoms with van der Waals surface area (Å²) in [6.45, 7) is 3.88. The van der Waals surface area contributed by atoms with Gasteiger partial charge in [-0.25, -0.2) is 9.28 Å². The van der Waals surface area contributed by atoms with Gasteiger partial charge < -0.3 is 5.32 Å². The van der Waals surface area contributed by atoms with E-state index in [1.165, 1.54) is 32.1 Å². The highest BCUT2D eigenvalue weighted by atomic mass is 16.2. The summed E-state index contributed by atoms with van der Waals surface area (Å²) >= 11 is 0. The number of carbonyl (C=O) groups excluding carboxylic acids is 2. The second kappa shape index (κ2) is 6.41. The molecule has 1 amide bonds. The van der Waals surface area contributed by atoms with E-state index in [0.29, 0.717) is 16.9 Å². The number of quaternary nitrogens is 1. The predicted molar refractivity (Wildman–Crippen MR) is 98.2 cm³/mol. The van der Waals surface area contributed by atoms with Crippen molar-refractivity contribution in [2.45, 2.75) is 57.9 Å². The Morgan fingerprint density at radius 1 is 1.12 bits per heavy atom. The van der Waals surface area contributed by atoms with Crippen molar-refractivity contribution in [3.8, 4) is 0 Å². The van der Waals surface area contributed by atoms with E-state index in [4.69, 9.17) is 0 Å². The van der Waals surface area contributed by atoms with Gasteiger partial charge in [0.2, 0.25) is 0 Å². The molecule has 132 valence electrons. The lowest BCUT2D eigenvalue weighted by Gasteiger charge is -2.29. The summed E-state index contributed by atoms with van der Waals surface area (Å²) in [7, 11) is 0. The van der Waals surface area contributed by atoms with Crippen molar-refractivity contribution in [3.05, 3.63) is 41.1 Å². The highest BCUT2D eigenvalue weighted by molar-refractivity contribution is 5.99. The van der Waals surface area contributed by atoms with E-state index in [9.17, 15) is 9.59 Å². The molecule has 1 N–H and O–H groups in total. The van der Waals surface area contributed by atoms with Crippen LogP contribution in [0.3, 0.4) is 0 Å². The normalized spacial score (nSPS) is 23.0. The van der Waals surface area contributed by atoms with Crippen LogP contribution in [0.25, 0.3) is 0 Å². The second-order valence-corrected chi connectivity index (χ2v) is 7.81. The Hall–Kier alpha value is -1.94. The summed E-state index contributed by atoms with van der Waals surface area (Å²) in [5.74, 6) is 0.504. The van der Waals surface area contributed by atoms with Crippen LogP contribution in [-0.2, 0) is 4.79 Å². The molecule has 4 rings (SSSR count). The minimum atomic E-state index is 0.223. The number of Topliss-reactive ketones (excluding diaryl/α,β-unsaturated/α-hetero) is 1. The molecule has 1 saturated carbocycles. The van der Waals surface area contributed by atoms with Crippen LogP contribution in [0.2, 0.25) is 0 Å². The molecule has 25 heavy (non-hydrogen) atoms. The van der Waals surface area contributed by atoms with Crippen molar-refractivity contribution >= 4 is 17.4 Å². The molecule has 0 aromatic heterocycles. The van der Waals surface area contributed by atoms with Crippen LogP contribution in [0.15, 0.2) is 35.5 Å². The van der Waals surface area contributed by atoms with Gasteiger partial charge in [0, 0.05) is 23.4 Å². The van der Waals surface area contributed by atoms with E-state index in [-0.39, 0.29) is 11.7 Å². The number of rotatable bonds is 4. The number of carbonyl (C=O) groups is 2. The average molecular weight is 339 g/mol. The van der Waals surface area contributed by atoms with E-state index >= 15 is 0 Å². The standard InChI is InChI=1S/C21H26N2O2/c1-15-19(10-11-20(15)24)22-17-7-5-6-16(14-17)21(25)23(12-13-23)18-8-3-2-4-9-18/h5-7,14,18H,2-4,8-13H2,1H3/p+1. The molecule has 1 aromatic carbocycles. The lowest BCUT2D eigenvalue weighted by Crippen LogP contribution is -2.44. The van der Waals surface area contributed by atoms with E-state index in [2.05, 4.69) is 5.32 Å². The maximum Gasteiger partial charge on any atom is 0.346 e. The molecule has 0 bridgehead atoms. The monoisotopic (exact) mass is 339 g/mol. The molecule has 1 aromatic rings. The third-order valence-corrected chi connectivity index (χ3v) is 6.26. The molecule has 2 fully saturated rings. The van der Waals surface area contributed by atoms with Gasteiger partial charge in [-0.3, -0.25) is 4.79 Å². The van der Waals surface area contributed by atoms with Gasteiger partial charge in [0.15, 0.2) is 5.78 Å². The van der Waals surface area contributed by atoms with E-state index in [1.54, 1.807) is 0 Å². The van der Waals surface area contributed by atoms with Crippen molar-refractivity contribution in [1.29, 1.82) is 0 Å². The summed E-state index contributed by atoms with van der Waals surface area (Å²) in [4.78, 5) is 24.9. The van der Waals surface area contributed by atoms with Gasteiger partial charge in [-0.2, -0.15) is 0 Å². The second-order valence-electron chi connectivity index (χ2n) is 7.81. The Bertz CT molecular complexity index is 740. The van der Waals surface area contributed by atoms with Crippen LogP contribution in [0, 0.1) is 0 Å². The third kappa shape index (κ3) is 3.04. The molecule has 0 radical (unpaired) electrons. The zero-order chi connectivity index (χ0) is 17.4. The Labute approximate surface area is 149 Å². The number of nitrogens with one attached hydrogen (secondary N) is 1. The zero-order valence-corrected chi connectivity index (χ0v) is 15.0. The zero-order valence-electron chi connectivity index (χ0n) is 15.0. The van der Waals surface area contributed by atoms with Gasteiger partial charge in [0.05, 0.1) is 11.6 Å². The number of ketones is 1. The largest absolute Gasteiger partial charge is 0.359 e. The van der Waals surface area contributed by atoms with Gasteiger partial charge in [-0.05, 0) is 57.2 Å². The van der Waals surface area contributed by atoms with Gasteiger partial charge >= 0.3 is 5.91 Å². The molecule has 0 atom stereocenters. The smallest absolute Gasteiger partial charge is 0.346 e. The number of amides is 1. The number of allylic oxidation sites excluding steroid dienone is 2. The van der Waals surface area contributed by atoms with E-state index < -0.39 is 0 Å². The molecule has 1 heterocycles. The fourth-order valence-electron chi connectivity index (χ4n) is 4.52. The van der Waals surface area contributed by atoms with Crippen molar-refractivity contribution < 1.29 is 14.1 Å². The lowest BCUT2D eigenvalue weighted by molar-refractivity contribution is -0.744. The minimum absolute atomic E-state index is 0.223. The highest BCUT2D eigenvalue weighted by Crippen LogP contribution is 2.37. The molecule has 2 aliphatic carbocycles. The first-order chi connectivity index (χ1) is 12.1. The van der Waals surface area contributed by atoms with Crippen molar-refractivity contribution in [2.75, 3.05) is 18.4 Å². The number of nitrogens with zero attached hydrogens (tertiary/aromatic N) is 1. The molecule has 0 unspecified atom stereocenters. The fourth-order valence-corrected chi connectivity index (χ4v) is 4.52. The number of hydrogen-bond donors (Lipinski definition) is 1. The highest BCUT2D eigenvalue weighted by Gasteiger charge is 2.55. The predicted octanol–water partition coefficient (Wildman–Crippen LogP) is 4.04. The van der Waals surface area contributed by atoms with E-state index in [0.717, 1.165) is 42.0 Å². The fraction of sp³-hybridized carbons (Fsp3) is 0.524. The van der Waals surface area contributed by atoms with Crippen LogP contribution in [-0.4, -0.2) is 35.3 Å². The maximum absolute atomic E-state index is 13.2. The quantitative estimate of drug-likeness (QED) is 0.665. The van der Waals surface area contributed by atoms with Crippen molar-refractivity contribution in [2.24, 2.45) is 0 Å². The number of benzene rings is 1. The van der Waals surface area contributed by atoms with Crippen molar-refractivity contribution in [1.82, 2.24) is 0 Å². The summed E-state index contributed by atoms with van der Waals surface area (Å²) in [5, 5.41) is 3.37.